The Morgan fingerprint density at radius 1 is 1.43 bits per heavy atom. The lowest BCUT2D eigenvalue weighted by atomic mass is 9.81. The van der Waals surface area contributed by atoms with Gasteiger partial charge in [-0.15, -0.1) is 0 Å². The van der Waals surface area contributed by atoms with E-state index in [2.05, 4.69) is 15.3 Å². The Morgan fingerprint density at radius 3 is 2.97 bits per heavy atom. The number of thioether (sulfide) groups is 1. The molecule has 154 valence electrons. The van der Waals surface area contributed by atoms with Gasteiger partial charge >= 0.3 is 0 Å². The number of nitrogens with one attached hydrogen (secondary N) is 1. The van der Waals surface area contributed by atoms with Crippen LogP contribution in [0.15, 0.2) is 41.5 Å². The van der Waals surface area contributed by atoms with E-state index in [4.69, 9.17) is 15.7 Å². The number of aromatic nitrogens is 1. The highest BCUT2D eigenvalue weighted by Crippen LogP contribution is 2.52. The van der Waals surface area contributed by atoms with Gasteiger partial charge in [-0.2, -0.15) is 5.26 Å². The number of benzene rings is 1. The summed E-state index contributed by atoms with van der Waals surface area (Å²) >= 11 is 1.47. The first kappa shape index (κ1) is 20.3. The third-order valence-corrected chi connectivity index (χ3v) is 6.61. The molecule has 2 aliphatic rings. The standard InChI is InChI=1S/C21H20FN5O2S/c1-29-15-6-13-11-30-20(24)27-21(13,8-15)16-7-14(3-4-17(16)22)26-19(28)18-5-2-12(9-23)10-25-18/h2-5,7,10,13,15H,6,8,11H2,1H3,(H2,24,27)(H,26,28)/t13-,15+,21-/m0/s1. The van der Waals surface area contributed by atoms with Gasteiger partial charge in [-0.05, 0) is 36.8 Å². The largest absolute Gasteiger partial charge is 0.381 e. The zero-order valence-electron chi connectivity index (χ0n) is 16.3. The van der Waals surface area contributed by atoms with Gasteiger partial charge in [0.05, 0.1) is 17.2 Å². The highest BCUT2D eigenvalue weighted by molar-refractivity contribution is 8.13. The number of hydrogen-bond donors (Lipinski definition) is 2. The first-order chi connectivity index (χ1) is 14.4. The molecule has 1 aromatic carbocycles. The molecule has 7 nitrogen and oxygen atoms in total. The van der Waals surface area contributed by atoms with Gasteiger partial charge in [0.25, 0.3) is 5.91 Å². The number of carbonyl (C=O) groups excluding carboxylic acids is 1. The Morgan fingerprint density at radius 2 is 2.27 bits per heavy atom. The molecule has 1 aromatic heterocycles. The number of aliphatic imine (C=N–C) groups is 1. The number of rotatable bonds is 4. The second-order valence-corrected chi connectivity index (χ2v) is 8.41. The third kappa shape index (κ3) is 3.64. The van der Waals surface area contributed by atoms with Crippen LogP contribution in [0.25, 0.3) is 0 Å². The summed E-state index contributed by atoms with van der Waals surface area (Å²) in [5, 5.41) is 12.0. The van der Waals surface area contributed by atoms with E-state index in [1.54, 1.807) is 13.2 Å². The number of nitrogens with two attached hydrogens (primary N) is 1. The zero-order valence-corrected chi connectivity index (χ0v) is 17.1. The minimum Gasteiger partial charge on any atom is -0.381 e. The van der Waals surface area contributed by atoms with Crippen molar-refractivity contribution in [2.24, 2.45) is 16.6 Å². The van der Waals surface area contributed by atoms with E-state index in [0.29, 0.717) is 28.4 Å². The van der Waals surface area contributed by atoms with E-state index >= 15 is 0 Å². The van der Waals surface area contributed by atoms with Crippen LogP contribution in [0.2, 0.25) is 0 Å². The molecule has 1 aliphatic carbocycles. The first-order valence-electron chi connectivity index (χ1n) is 9.43. The van der Waals surface area contributed by atoms with Gasteiger partial charge in [-0.1, -0.05) is 11.8 Å². The number of pyridine rings is 1. The normalized spacial score (nSPS) is 25.2. The summed E-state index contributed by atoms with van der Waals surface area (Å²) in [5.74, 6) is -0.0231. The van der Waals surface area contributed by atoms with Crippen molar-refractivity contribution in [3.8, 4) is 6.07 Å². The average Bonchev–Trinajstić information content (AvgIpc) is 3.14. The van der Waals surface area contributed by atoms with Crippen molar-refractivity contribution in [3.05, 3.63) is 59.2 Å². The Hall–Kier alpha value is -2.96. The lowest BCUT2D eigenvalue weighted by Gasteiger charge is -2.36. The maximum atomic E-state index is 15.0. The second-order valence-electron chi connectivity index (χ2n) is 7.37. The van der Waals surface area contributed by atoms with Crippen molar-refractivity contribution in [1.29, 1.82) is 5.26 Å². The summed E-state index contributed by atoms with van der Waals surface area (Å²) in [6.07, 6.45) is 2.59. The smallest absolute Gasteiger partial charge is 0.274 e. The number of methoxy groups -OCH3 is 1. The quantitative estimate of drug-likeness (QED) is 0.778. The molecule has 0 bridgehead atoms. The number of carbonyl (C=O) groups is 1. The number of fused-ring (bicyclic) bond motifs is 1. The molecule has 4 rings (SSSR count). The number of anilines is 1. The molecule has 2 aromatic rings. The van der Waals surface area contributed by atoms with E-state index in [1.807, 2.05) is 6.07 Å². The summed E-state index contributed by atoms with van der Waals surface area (Å²) in [4.78, 5) is 21.2. The molecular formula is C21H20FN5O2S. The fourth-order valence-electron chi connectivity index (χ4n) is 4.16. The summed E-state index contributed by atoms with van der Waals surface area (Å²) in [5.41, 5.74) is 6.56. The lowest BCUT2D eigenvalue weighted by Crippen LogP contribution is -2.37. The van der Waals surface area contributed by atoms with Crippen molar-refractivity contribution in [3.63, 3.8) is 0 Å². The lowest BCUT2D eigenvalue weighted by molar-refractivity contribution is 0.101. The van der Waals surface area contributed by atoms with E-state index < -0.39 is 17.3 Å². The molecule has 0 unspecified atom stereocenters. The van der Waals surface area contributed by atoms with E-state index in [0.717, 1.165) is 12.2 Å². The zero-order chi connectivity index (χ0) is 21.3. The minimum atomic E-state index is -0.812. The van der Waals surface area contributed by atoms with Crippen LogP contribution in [0.1, 0.15) is 34.5 Å². The summed E-state index contributed by atoms with van der Waals surface area (Å²) in [7, 11) is 1.65. The van der Waals surface area contributed by atoms with Gasteiger partial charge in [0.2, 0.25) is 0 Å². The number of nitriles is 1. The molecule has 0 radical (unpaired) electrons. The predicted octanol–water partition coefficient (Wildman–Crippen LogP) is 3.03. The van der Waals surface area contributed by atoms with Crippen LogP contribution in [0.4, 0.5) is 10.1 Å². The van der Waals surface area contributed by atoms with Crippen molar-refractivity contribution in [2.75, 3.05) is 18.2 Å². The molecule has 3 N–H and O–H groups in total. The summed E-state index contributed by atoms with van der Waals surface area (Å²) < 4.78 is 20.5. The van der Waals surface area contributed by atoms with Crippen molar-refractivity contribution in [2.45, 2.75) is 24.5 Å². The molecule has 1 aliphatic heterocycles. The highest BCUT2D eigenvalue weighted by Gasteiger charge is 2.52. The van der Waals surface area contributed by atoms with Gasteiger partial charge < -0.3 is 15.8 Å². The molecule has 0 spiro atoms. The Balaban J connectivity index is 1.67. The summed E-state index contributed by atoms with van der Waals surface area (Å²) in [6, 6.07) is 9.39. The molecule has 1 amide bonds. The minimum absolute atomic E-state index is 0.0363. The molecule has 2 heterocycles. The van der Waals surface area contributed by atoms with Gasteiger partial charge in [-0.3, -0.25) is 9.79 Å². The van der Waals surface area contributed by atoms with Gasteiger partial charge in [-0.25, -0.2) is 9.37 Å². The molecular weight excluding hydrogens is 405 g/mol. The molecule has 3 atom stereocenters. The second kappa shape index (κ2) is 8.05. The Kier molecular flexibility index (Phi) is 5.45. The van der Waals surface area contributed by atoms with Gasteiger partial charge in [0.1, 0.15) is 17.6 Å². The van der Waals surface area contributed by atoms with Gasteiger partial charge in [0.15, 0.2) is 5.17 Å². The Labute approximate surface area is 177 Å². The van der Waals surface area contributed by atoms with Crippen LogP contribution in [-0.2, 0) is 10.3 Å². The van der Waals surface area contributed by atoms with Crippen molar-refractivity contribution < 1.29 is 13.9 Å². The van der Waals surface area contributed by atoms with Crippen LogP contribution in [0.5, 0.6) is 0 Å². The SMILES string of the molecule is CO[C@@H]1C[C@H]2CSC(N)=N[C@@]2(c2cc(NC(=O)c3ccc(C#N)cn3)ccc2F)C1. The van der Waals surface area contributed by atoms with Crippen molar-refractivity contribution >= 4 is 28.5 Å². The highest BCUT2D eigenvalue weighted by atomic mass is 32.2. The van der Waals surface area contributed by atoms with Crippen molar-refractivity contribution in [1.82, 2.24) is 4.98 Å². The van der Waals surface area contributed by atoms with Crippen LogP contribution < -0.4 is 11.1 Å². The summed E-state index contributed by atoms with van der Waals surface area (Å²) in [6.45, 7) is 0. The Bertz CT molecular complexity index is 1050. The number of amides is 1. The molecule has 9 heteroatoms. The average molecular weight is 425 g/mol. The molecule has 30 heavy (non-hydrogen) atoms. The fraction of sp³-hybridized carbons (Fsp3) is 0.333. The van der Waals surface area contributed by atoms with E-state index in [9.17, 15) is 9.18 Å². The predicted molar refractivity (Wildman–Crippen MR) is 113 cm³/mol. The van der Waals surface area contributed by atoms with E-state index in [1.165, 1.54) is 42.2 Å². The maximum absolute atomic E-state index is 15.0. The molecule has 1 saturated carbocycles. The van der Waals surface area contributed by atoms with Crippen LogP contribution in [0.3, 0.4) is 0 Å². The van der Waals surface area contributed by atoms with Crippen LogP contribution in [0, 0.1) is 23.1 Å². The number of nitrogens with zero attached hydrogens (tertiary/aromatic N) is 3. The first-order valence-corrected chi connectivity index (χ1v) is 10.4. The molecule has 0 saturated heterocycles. The number of halogens is 1. The monoisotopic (exact) mass is 425 g/mol. The number of hydrogen-bond acceptors (Lipinski definition) is 7. The van der Waals surface area contributed by atoms with Crippen LogP contribution in [-0.4, -0.2) is 35.0 Å². The number of amidine groups is 1. The molecule has 1 fully saturated rings. The van der Waals surface area contributed by atoms with Crippen LogP contribution >= 0.6 is 11.8 Å². The van der Waals surface area contributed by atoms with Gasteiger partial charge in [0, 0.05) is 42.6 Å². The third-order valence-electron chi connectivity index (χ3n) is 5.65. The topological polar surface area (TPSA) is 113 Å². The van der Waals surface area contributed by atoms with E-state index in [-0.39, 0.29) is 17.7 Å². The maximum Gasteiger partial charge on any atom is 0.274 e. The number of ether oxygens (including phenoxy) is 1. The fourth-order valence-corrected chi connectivity index (χ4v) is 5.17.